The first-order valence-electron chi connectivity index (χ1n) is 6.14. The number of nitrogens with zero attached hydrogens (tertiary/aromatic N) is 2. The summed E-state index contributed by atoms with van der Waals surface area (Å²) in [6.45, 7) is 1.92. The number of fused-ring (bicyclic) bond motifs is 1. The molecule has 2 nitrogen and oxygen atoms in total. The Morgan fingerprint density at radius 2 is 1.85 bits per heavy atom. The predicted molar refractivity (Wildman–Crippen MR) is 88.0 cm³/mol. The molecule has 0 aliphatic heterocycles. The maximum Gasteiger partial charge on any atom is 0.132 e. The number of halogens is 3. The second-order valence-corrected chi connectivity index (χ2v) is 6.54. The van der Waals surface area contributed by atoms with Crippen molar-refractivity contribution in [2.24, 2.45) is 0 Å². The number of hydrogen-bond donors (Lipinski definition) is 0. The van der Waals surface area contributed by atoms with Crippen LogP contribution >= 0.6 is 39.1 Å². The Morgan fingerprint density at radius 3 is 2.50 bits per heavy atom. The van der Waals surface area contributed by atoms with Gasteiger partial charge in [0, 0.05) is 15.2 Å². The molecule has 0 saturated carbocycles. The van der Waals surface area contributed by atoms with Crippen LogP contribution in [0.3, 0.4) is 0 Å². The fourth-order valence-electron chi connectivity index (χ4n) is 2.20. The Bertz CT molecular complexity index is 763. The summed E-state index contributed by atoms with van der Waals surface area (Å²) in [7, 11) is 0. The van der Waals surface area contributed by atoms with Crippen molar-refractivity contribution in [3.8, 4) is 5.69 Å². The quantitative estimate of drug-likeness (QED) is 0.526. The van der Waals surface area contributed by atoms with E-state index in [1.54, 1.807) is 0 Å². The summed E-state index contributed by atoms with van der Waals surface area (Å²) in [4.78, 5) is 4.61. The largest absolute Gasteiger partial charge is 0.295 e. The number of benzene rings is 2. The molecule has 3 aromatic rings. The molecule has 0 fully saturated rings. The molecule has 102 valence electrons. The summed E-state index contributed by atoms with van der Waals surface area (Å²) in [5, 5.41) is 0.495. The van der Waals surface area contributed by atoms with Crippen molar-refractivity contribution < 1.29 is 0 Å². The summed E-state index contributed by atoms with van der Waals surface area (Å²) in [5.41, 5.74) is 2.86. The van der Waals surface area contributed by atoms with E-state index in [4.69, 9.17) is 23.2 Å². The van der Waals surface area contributed by atoms with Crippen LogP contribution in [-0.4, -0.2) is 9.55 Å². The van der Waals surface area contributed by atoms with Crippen LogP contribution in [0.25, 0.3) is 16.7 Å². The minimum atomic E-state index is -0.190. The minimum absolute atomic E-state index is 0.190. The fourth-order valence-corrected chi connectivity index (χ4v) is 2.77. The number of aromatic nitrogens is 2. The maximum atomic E-state index is 6.28. The highest BCUT2D eigenvalue weighted by Gasteiger charge is 2.16. The molecule has 20 heavy (non-hydrogen) atoms. The van der Waals surface area contributed by atoms with Gasteiger partial charge in [-0.25, -0.2) is 4.98 Å². The molecule has 1 unspecified atom stereocenters. The highest BCUT2D eigenvalue weighted by atomic mass is 79.9. The van der Waals surface area contributed by atoms with Gasteiger partial charge >= 0.3 is 0 Å². The third-order valence-corrected chi connectivity index (χ3v) is 4.04. The zero-order chi connectivity index (χ0) is 14.3. The SMILES string of the molecule is CC(Cl)c1nc2ccc(Cl)cc2n1-c1ccc(Br)cc1. The first-order chi connectivity index (χ1) is 9.56. The lowest BCUT2D eigenvalue weighted by Gasteiger charge is -2.10. The molecule has 3 rings (SSSR count). The average Bonchev–Trinajstić information content (AvgIpc) is 2.78. The Morgan fingerprint density at radius 1 is 1.15 bits per heavy atom. The van der Waals surface area contributed by atoms with Gasteiger partial charge in [-0.15, -0.1) is 11.6 Å². The number of rotatable bonds is 2. The van der Waals surface area contributed by atoms with Crippen molar-refractivity contribution in [2.45, 2.75) is 12.3 Å². The van der Waals surface area contributed by atoms with Gasteiger partial charge in [-0.05, 0) is 49.4 Å². The molecule has 0 radical (unpaired) electrons. The summed E-state index contributed by atoms with van der Waals surface area (Å²) in [6, 6.07) is 13.7. The Balaban J connectivity index is 2.33. The molecule has 0 saturated heterocycles. The third kappa shape index (κ3) is 2.46. The van der Waals surface area contributed by atoms with Crippen LogP contribution in [-0.2, 0) is 0 Å². The summed E-state index contributed by atoms with van der Waals surface area (Å²) < 4.78 is 3.08. The van der Waals surface area contributed by atoms with Gasteiger partial charge in [-0.2, -0.15) is 0 Å². The van der Waals surface area contributed by atoms with Crippen LogP contribution in [0, 0.1) is 0 Å². The molecule has 0 N–H and O–H groups in total. The van der Waals surface area contributed by atoms with Crippen molar-refractivity contribution in [3.63, 3.8) is 0 Å². The number of hydrogen-bond acceptors (Lipinski definition) is 1. The Kier molecular flexibility index (Phi) is 3.76. The molecule has 0 aliphatic rings. The van der Waals surface area contributed by atoms with E-state index in [2.05, 4.69) is 20.9 Å². The lowest BCUT2D eigenvalue weighted by molar-refractivity contribution is 0.882. The molecule has 0 spiro atoms. The molecular weight excluding hydrogens is 359 g/mol. The summed E-state index contributed by atoms with van der Waals surface area (Å²) >= 11 is 15.8. The summed E-state index contributed by atoms with van der Waals surface area (Å²) in [5.74, 6) is 0.811. The van der Waals surface area contributed by atoms with E-state index in [1.807, 2.05) is 54.0 Å². The Labute approximate surface area is 135 Å². The second-order valence-electron chi connectivity index (χ2n) is 4.53. The number of imidazole rings is 1. The van der Waals surface area contributed by atoms with E-state index in [1.165, 1.54) is 0 Å². The van der Waals surface area contributed by atoms with Gasteiger partial charge in [0.1, 0.15) is 5.82 Å². The normalized spacial score (nSPS) is 12.8. The van der Waals surface area contributed by atoms with Crippen LogP contribution in [0.15, 0.2) is 46.9 Å². The van der Waals surface area contributed by atoms with Crippen LogP contribution in [0.2, 0.25) is 5.02 Å². The van der Waals surface area contributed by atoms with Crippen molar-refractivity contribution in [3.05, 3.63) is 57.8 Å². The van der Waals surface area contributed by atoms with Gasteiger partial charge in [-0.1, -0.05) is 27.5 Å². The van der Waals surface area contributed by atoms with E-state index in [-0.39, 0.29) is 5.38 Å². The van der Waals surface area contributed by atoms with Crippen molar-refractivity contribution in [2.75, 3.05) is 0 Å². The number of alkyl halides is 1. The topological polar surface area (TPSA) is 17.8 Å². The molecule has 5 heteroatoms. The fraction of sp³-hybridized carbons (Fsp3) is 0.133. The van der Waals surface area contributed by atoms with Gasteiger partial charge in [0.15, 0.2) is 0 Å². The smallest absolute Gasteiger partial charge is 0.132 e. The molecule has 0 aliphatic carbocycles. The van der Waals surface area contributed by atoms with Gasteiger partial charge in [0.2, 0.25) is 0 Å². The Hall–Kier alpha value is -1.03. The zero-order valence-corrected chi connectivity index (χ0v) is 13.7. The van der Waals surface area contributed by atoms with Gasteiger partial charge < -0.3 is 0 Å². The van der Waals surface area contributed by atoms with E-state index in [9.17, 15) is 0 Å². The van der Waals surface area contributed by atoms with E-state index < -0.39 is 0 Å². The highest BCUT2D eigenvalue weighted by molar-refractivity contribution is 9.10. The minimum Gasteiger partial charge on any atom is -0.295 e. The molecule has 1 aromatic heterocycles. The van der Waals surface area contributed by atoms with Crippen LogP contribution in [0.5, 0.6) is 0 Å². The first kappa shape index (κ1) is 13.9. The monoisotopic (exact) mass is 368 g/mol. The zero-order valence-electron chi connectivity index (χ0n) is 10.6. The van der Waals surface area contributed by atoms with Gasteiger partial charge in [0.25, 0.3) is 0 Å². The van der Waals surface area contributed by atoms with Crippen molar-refractivity contribution in [1.82, 2.24) is 9.55 Å². The predicted octanol–water partition coefficient (Wildman–Crippen LogP) is 5.74. The average molecular weight is 370 g/mol. The highest BCUT2D eigenvalue weighted by Crippen LogP contribution is 2.30. The first-order valence-corrected chi connectivity index (χ1v) is 7.75. The maximum absolute atomic E-state index is 6.28. The third-order valence-electron chi connectivity index (χ3n) is 3.08. The lowest BCUT2D eigenvalue weighted by Crippen LogP contribution is -2.01. The van der Waals surface area contributed by atoms with E-state index in [0.29, 0.717) is 5.02 Å². The second kappa shape index (κ2) is 5.40. The van der Waals surface area contributed by atoms with Crippen LogP contribution in [0.4, 0.5) is 0 Å². The molecule has 0 bridgehead atoms. The van der Waals surface area contributed by atoms with Gasteiger partial charge in [-0.3, -0.25) is 4.57 Å². The van der Waals surface area contributed by atoms with E-state index >= 15 is 0 Å². The standard InChI is InChI=1S/C15H11BrCl2N2/c1-9(17)15-19-13-7-4-11(18)8-14(13)20(15)12-5-2-10(16)3-6-12/h2-9H,1H3. The van der Waals surface area contributed by atoms with Crippen LogP contribution < -0.4 is 0 Å². The molecule has 2 aromatic carbocycles. The van der Waals surface area contributed by atoms with Crippen molar-refractivity contribution in [1.29, 1.82) is 0 Å². The molecular formula is C15H11BrCl2N2. The molecule has 0 amide bonds. The summed E-state index contributed by atoms with van der Waals surface area (Å²) in [6.07, 6.45) is 0. The molecule has 1 atom stereocenters. The van der Waals surface area contributed by atoms with Crippen molar-refractivity contribution >= 4 is 50.2 Å². The lowest BCUT2D eigenvalue weighted by atomic mass is 10.2. The van der Waals surface area contributed by atoms with Gasteiger partial charge in [0.05, 0.1) is 16.4 Å². The molecule has 1 heterocycles. The van der Waals surface area contributed by atoms with Crippen LogP contribution in [0.1, 0.15) is 18.1 Å². The van der Waals surface area contributed by atoms with E-state index in [0.717, 1.165) is 27.0 Å².